The predicted octanol–water partition coefficient (Wildman–Crippen LogP) is 2.33. The Morgan fingerprint density at radius 2 is 1.75 bits per heavy atom. The van der Waals surface area contributed by atoms with Gasteiger partial charge in [0.15, 0.2) is 6.29 Å². The molecule has 1 aromatic rings. The summed E-state index contributed by atoms with van der Waals surface area (Å²) < 4.78 is 77.7. The van der Waals surface area contributed by atoms with Crippen LogP contribution < -0.4 is 15.0 Å². The first-order valence-electron chi connectivity index (χ1n) is 10.2. The number of sulfonamides is 1. The van der Waals surface area contributed by atoms with Crippen molar-refractivity contribution in [2.75, 3.05) is 25.4 Å². The Labute approximate surface area is 183 Å². The number of hydrogen-bond acceptors (Lipinski definition) is 7. The zero-order valence-corrected chi connectivity index (χ0v) is 18.0. The Bertz CT molecular complexity index is 851. The molecule has 0 radical (unpaired) electrons. The number of carbonyl (C=O) groups excluding carboxylic acids is 1. The maximum atomic E-state index is 12.5. The van der Waals surface area contributed by atoms with E-state index >= 15 is 0 Å². The van der Waals surface area contributed by atoms with Crippen molar-refractivity contribution >= 4 is 15.9 Å². The maximum Gasteiger partial charge on any atom is 0.573 e. The highest BCUT2D eigenvalue weighted by atomic mass is 32.2. The molecule has 0 bridgehead atoms. The smallest absolute Gasteiger partial charge is 0.490 e. The van der Waals surface area contributed by atoms with Gasteiger partial charge in [-0.3, -0.25) is 4.79 Å². The van der Waals surface area contributed by atoms with Crippen LogP contribution in [0.4, 0.5) is 13.2 Å². The molecule has 2 heterocycles. The summed E-state index contributed by atoms with van der Waals surface area (Å²) in [6.07, 6.45) is -2.47. The van der Waals surface area contributed by atoms with Crippen LogP contribution in [0.5, 0.6) is 11.5 Å². The second kappa shape index (κ2) is 10.7. The van der Waals surface area contributed by atoms with Crippen molar-refractivity contribution in [2.24, 2.45) is 0 Å². The van der Waals surface area contributed by atoms with E-state index in [2.05, 4.69) is 10.2 Å². The van der Waals surface area contributed by atoms with Crippen LogP contribution in [-0.4, -0.2) is 62.8 Å². The van der Waals surface area contributed by atoms with Crippen molar-refractivity contribution in [3.8, 4) is 11.5 Å². The monoisotopic (exact) mass is 482 g/mol. The van der Waals surface area contributed by atoms with Crippen LogP contribution in [0.3, 0.4) is 0 Å². The molecular weight excluding hydrogens is 457 g/mol. The number of benzene rings is 1. The molecule has 1 aromatic carbocycles. The molecule has 32 heavy (non-hydrogen) atoms. The first-order valence-corrected chi connectivity index (χ1v) is 11.8. The molecule has 1 unspecified atom stereocenters. The van der Waals surface area contributed by atoms with Gasteiger partial charge in [-0.05, 0) is 49.9 Å². The van der Waals surface area contributed by atoms with E-state index in [9.17, 15) is 26.4 Å². The van der Waals surface area contributed by atoms with Crippen molar-refractivity contribution in [3.05, 3.63) is 24.3 Å². The lowest BCUT2D eigenvalue weighted by atomic mass is 10.1. The van der Waals surface area contributed by atoms with Crippen molar-refractivity contribution in [1.29, 1.82) is 0 Å². The van der Waals surface area contributed by atoms with E-state index in [0.717, 1.165) is 25.0 Å². The Hall–Kier alpha value is -2.09. The van der Waals surface area contributed by atoms with Gasteiger partial charge in [-0.1, -0.05) is 0 Å². The van der Waals surface area contributed by atoms with Crippen LogP contribution >= 0.6 is 0 Å². The summed E-state index contributed by atoms with van der Waals surface area (Å²) in [7, 11) is -3.83. The third-order valence-corrected chi connectivity index (χ3v) is 6.69. The van der Waals surface area contributed by atoms with Gasteiger partial charge in [0, 0.05) is 26.1 Å². The summed E-state index contributed by atoms with van der Waals surface area (Å²) in [6, 6.07) is 4.98. The van der Waals surface area contributed by atoms with Crippen molar-refractivity contribution in [1.82, 2.24) is 9.79 Å². The number of halogens is 3. The quantitative estimate of drug-likeness (QED) is 0.568. The van der Waals surface area contributed by atoms with E-state index in [0.29, 0.717) is 31.6 Å². The van der Waals surface area contributed by atoms with Gasteiger partial charge >= 0.3 is 6.36 Å². The molecule has 0 aromatic heterocycles. The van der Waals surface area contributed by atoms with Crippen LogP contribution in [0.1, 0.15) is 32.1 Å². The first-order chi connectivity index (χ1) is 15.1. The lowest BCUT2D eigenvalue weighted by Gasteiger charge is -2.31. The number of carbonyl (C=O) groups is 1. The fourth-order valence-corrected chi connectivity index (χ4v) is 4.70. The van der Waals surface area contributed by atoms with Gasteiger partial charge in [-0.2, -0.15) is 0 Å². The molecule has 2 saturated heterocycles. The zero-order chi connectivity index (χ0) is 23.2. The highest BCUT2D eigenvalue weighted by Crippen LogP contribution is 2.26. The fraction of sp³-hybridized carbons (Fsp3) is 0.632. The first kappa shape index (κ1) is 24.6. The van der Waals surface area contributed by atoms with Crippen molar-refractivity contribution in [2.45, 2.75) is 50.9 Å². The van der Waals surface area contributed by atoms with Crippen LogP contribution in [0.25, 0.3) is 0 Å². The second-order valence-corrected chi connectivity index (χ2v) is 9.40. The van der Waals surface area contributed by atoms with E-state index in [1.54, 1.807) is 0 Å². The topological polar surface area (TPSA) is 103 Å². The minimum absolute atomic E-state index is 0.155. The molecule has 9 nitrogen and oxygen atoms in total. The van der Waals surface area contributed by atoms with Crippen molar-refractivity contribution < 1.29 is 45.4 Å². The van der Waals surface area contributed by atoms with E-state index in [4.69, 9.17) is 14.3 Å². The Morgan fingerprint density at radius 3 is 2.34 bits per heavy atom. The number of amides is 1. The van der Waals surface area contributed by atoms with Gasteiger partial charge in [0.2, 0.25) is 10.0 Å². The second-order valence-electron chi connectivity index (χ2n) is 7.43. The number of nitrogens with one attached hydrogen (secondary N) is 1. The minimum atomic E-state index is -4.77. The largest absolute Gasteiger partial charge is 0.573 e. The molecule has 2 aliphatic rings. The van der Waals surface area contributed by atoms with Crippen LogP contribution in [0, 0.1) is 0 Å². The lowest BCUT2D eigenvalue weighted by Crippen LogP contribution is -2.45. The number of nitrogens with zero attached hydrogens (tertiary/aromatic N) is 1. The molecular formula is C19H25F3N2O7S. The summed E-state index contributed by atoms with van der Waals surface area (Å²) in [6.45, 7) is 0.839. The molecule has 1 N–H and O–H groups in total. The molecule has 180 valence electrons. The van der Waals surface area contributed by atoms with Gasteiger partial charge in [-0.25, -0.2) is 23.0 Å². The number of piperidine rings is 1. The molecule has 0 saturated carbocycles. The average molecular weight is 482 g/mol. The summed E-state index contributed by atoms with van der Waals surface area (Å²) >= 11 is 0. The normalized spacial score (nSPS) is 21.2. The summed E-state index contributed by atoms with van der Waals surface area (Å²) in [5, 5.41) is 0. The Balaban J connectivity index is 1.41. The van der Waals surface area contributed by atoms with Crippen LogP contribution in [0.15, 0.2) is 24.3 Å². The van der Waals surface area contributed by atoms with Gasteiger partial charge in [0.25, 0.3) is 5.91 Å². The standard InChI is InChI=1S/C19H25F3N2O7S/c20-19(21,22)30-16-6-4-14(5-7-16)29-15-8-10-24(11-9-15)32(26,27)13-17(25)23-31-18-3-1-2-12-28-18/h4-7,15,18H,1-3,8-13H2,(H,23,25). The number of hydrogen-bond donors (Lipinski definition) is 1. The number of rotatable bonds is 8. The summed E-state index contributed by atoms with van der Waals surface area (Å²) in [5.74, 6) is -1.53. The molecule has 1 amide bonds. The van der Waals surface area contributed by atoms with Gasteiger partial charge in [0.05, 0.1) is 0 Å². The molecule has 1 atom stereocenters. The van der Waals surface area contributed by atoms with Crippen LogP contribution in [-0.2, 0) is 24.4 Å². The van der Waals surface area contributed by atoms with E-state index in [1.165, 1.54) is 16.4 Å². The van der Waals surface area contributed by atoms with E-state index in [1.807, 2.05) is 0 Å². The van der Waals surface area contributed by atoms with E-state index < -0.39 is 34.3 Å². The molecule has 2 fully saturated rings. The lowest BCUT2D eigenvalue weighted by molar-refractivity contribution is -0.274. The van der Waals surface area contributed by atoms with Gasteiger partial charge in [-0.15, -0.1) is 13.2 Å². The van der Waals surface area contributed by atoms with E-state index in [-0.39, 0.29) is 24.9 Å². The third-order valence-electron chi connectivity index (χ3n) is 4.91. The van der Waals surface area contributed by atoms with Crippen molar-refractivity contribution in [3.63, 3.8) is 0 Å². The van der Waals surface area contributed by atoms with Gasteiger partial charge < -0.3 is 14.2 Å². The Kier molecular flexibility index (Phi) is 8.20. The Morgan fingerprint density at radius 1 is 1.09 bits per heavy atom. The average Bonchev–Trinajstić information content (AvgIpc) is 2.73. The summed E-state index contributed by atoms with van der Waals surface area (Å²) in [4.78, 5) is 17.1. The minimum Gasteiger partial charge on any atom is -0.490 e. The third kappa shape index (κ3) is 7.80. The maximum absolute atomic E-state index is 12.5. The molecule has 13 heteroatoms. The number of hydroxylamine groups is 1. The predicted molar refractivity (Wildman–Crippen MR) is 105 cm³/mol. The molecule has 2 aliphatic heterocycles. The SMILES string of the molecule is O=C(CS(=O)(=O)N1CCC(Oc2ccc(OC(F)(F)F)cc2)CC1)NOC1CCCCO1. The fourth-order valence-electron chi connectivity index (χ4n) is 3.36. The number of ether oxygens (including phenoxy) is 3. The van der Waals surface area contributed by atoms with Crippen LogP contribution in [0.2, 0.25) is 0 Å². The number of alkyl halides is 3. The highest BCUT2D eigenvalue weighted by Gasteiger charge is 2.32. The molecule has 0 spiro atoms. The zero-order valence-electron chi connectivity index (χ0n) is 17.2. The highest BCUT2D eigenvalue weighted by molar-refractivity contribution is 7.89. The molecule has 3 rings (SSSR count). The molecule has 0 aliphatic carbocycles. The summed E-state index contributed by atoms with van der Waals surface area (Å²) in [5.41, 5.74) is 2.13. The van der Waals surface area contributed by atoms with Gasteiger partial charge in [0.1, 0.15) is 23.4 Å².